The van der Waals surface area contributed by atoms with E-state index in [0.29, 0.717) is 6.04 Å². The zero-order valence-corrected chi connectivity index (χ0v) is 18.6. The van der Waals surface area contributed by atoms with E-state index in [9.17, 15) is 9.90 Å². The quantitative estimate of drug-likeness (QED) is 0.391. The predicted octanol–water partition coefficient (Wildman–Crippen LogP) is 5.59. The molecular formula is C27H28N4O2. The fraction of sp³-hybridized carbons (Fsp3) is 0.296. The molecule has 33 heavy (non-hydrogen) atoms. The van der Waals surface area contributed by atoms with E-state index in [4.69, 9.17) is 4.98 Å². The number of carboxylic acids is 1. The van der Waals surface area contributed by atoms with Gasteiger partial charge in [-0.2, -0.15) is 0 Å². The highest BCUT2D eigenvalue weighted by molar-refractivity contribution is 5.93. The normalized spacial score (nSPS) is 14.5. The Balaban J connectivity index is 1.47. The van der Waals surface area contributed by atoms with Gasteiger partial charge < -0.3 is 15.0 Å². The van der Waals surface area contributed by atoms with Crippen LogP contribution in [-0.2, 0) is 13.1 Å². The first-order valence-electron chi connectivity index (χ1n) is 11.6. The highest BCUT2D eigenvalue weighted by atomic mass is 16.4. The van der Waals surface area contributed by atoms with Crippen molar-refractivity contribution in [1.82, 2.24) is 19.9 Å². The number of benzene rings is 2. The molecule has 0 aliphatic heterocycles. The number of carbonyl (C=O) groups is 1. The zero-order chi connectivity index (χ0) is 22.6. The van der Waals surface area contributed by atoms with Crippen LogP contribution in [0.15, 0.2) is 67.0 Å². The molecule has 0 saturated heterocycles. The Hall–Kier alpha value is -3.51. The topological polar surface area (TPSA) is 80.0 Å². The number of imidazole rings is 1. The van der Waals surface area contributed by atoms with Crippen molar-refractivity contribution in [3.8, 4) is 11.4 Å². The summed E-state index contributed by atoms with van der Waals surface area (Å²) in [4.78, 5) is 20.6. The fourth-order valence-electron chi connectivity index (χ4n) is 4.82. The van der Waals surface area contributed by atoms with Gasteiger partial charge in [0.15, 0.2) is 0 Å². The second-order valence-electron chi connectivity index (χ2n) is 8.77. The molecule has 6 heteroatoms. The number of aromatic nitrogens is 3. The van der Waals surface area contributed by atoms with Crippen molar-refractivity contribution < 1.29 is 9.90 Å². The van der Waals surface area contributed by atoms with E-state index in [1.54, 1.807) is 18.3 Å². The number of fused-ring (bicyclic) bond motifs is 1. The molecule has 1 aliphatic rings. The minimum atomic E-state index is -0.924. The molecule has 168 valence electrons. The predicted molar refractivity (Wildman–Crippen MR) is 129 cm³/mol. The SMILES string of the molecule is O=C(O)c1ccc2c(c1)nc(-c1cccc(CNCc3cccnc3)c1)n2C1CCCCC1. The lowest BCUT2D eigenvalue weighted by Crippen LogP contribution is -2.14. The minimum absolute atomic E-state index is 0.274. The van der Waals surface area contributed by atoms with Gasteiger partial charge in [-0.05, 0) is 54.3 Å². The van der Waals surface area contributed by atoms with Gasteiger partial charge in [0, 0.05) is 37.1 Å². The number of aromatic carboxylic acids is 1. The van der Waals surface area contributed by atoms with Crippen LogP contribution in [0.4, 0.5) is 0 Å². The number of nitrogens with one attached hydrogen (secondary N) is 1. The molecule has 2 aromatic carbocycles. The highest BCUT2D eigenvalue weighted by Gasteiger charge is 2.23. The van der Waals surface area contributed by atoms with Crippen LogP contribution in [0.2, 0.25) is 0 Å². The van der Waals surface area contributed by atoms with Gasteiger partial charge in [-0.25, -0.2) is 9.78 Å². The van der Waals surface area contributed by atoms with E-state index < -0.39 is 5.97 Å². The minimum Gasteiger partial charge on any atom is -0.478 e. The first-order chi connectivity index (χ1) is 16.2. The zero-order valence-electron chi connectivity index (χ0n) is 18.6. The summed E-state index contributed by atoms with van der Waals surface area (Å²) in [6.45, 7) is 1.51. The van der Waals surface area contributed by atoms with Crippen molar-refractivity contribution in [2.75, 3.05) is 0 Å². The maximum Gasteiger partial charge on any atom is 0.335 e. The third-order valence-electron chi connectivity index (χ3n) is 6.44. The lowest BCUT2D eigenvalue weighted by Gasteiger charge is -2.25. The first kappa shape index (κ1) is 21.3. The van der Waals surface area contributed by atoms with E-state index in [-0.39, 0.29) is 5.56 Å². The van der Waals surface area contributed by atoms with Crippen LogP contribution in [0.5, 0.6) is 0 Å². The standard InChI is InChI=1S/C27H28N4O2/c32-27(33)22-11-12-25-24(15-22)30-26(31(25)23-9-2-1-3-10-23)21-8-4-6-19(14-21)16-29-18-20-7-5-13-28-17-20/h4-8,11-15,17,23,29H,1-3,9-10,16,18H2,(H,32,33). The van der Waals surface area contributed by atoms with Crippen LogP contribution in [0, 0.1) is 0 Å². The van der Waals surface area contributed by atoms with Crippen molar-refractivity contribution in [2.45, 2.75) is 51.2 Å². The molecule has 0 spiro atoms. The Bertz CT molecular complexity index is 1260. The van der Waals surface area contributed by atoms with Crippen LogP contribution in [0.25, 0.3) is 22.4 Å². The Labute approximate surface area is 193 Å². The third-order valence-corrected chi connectivity index (χ3v) is 6.44. The molecule has 2 aromatic heterocycles. The number of pyridine rings is 1. The van der Waals surface area contributed by atoms with E-state index in [1.165, 1.54) is 24.8 Å². The fourth-order valence-corrected chi connectivity index (χ4v) is 4.82. The molecule has 1 fully saturated rings. The summed E-state index contributed by atoms with van der Waals surface area (Å²) in [5.41, 5.74) is 5.44. The summed E-state index contributed by atoms with van der Waals surface area (Å²) in [6, 6.07) is 18.2. The summed E-state index contributed by atoms with van der Waals surface area (Å²) in [5.74, 6) is 0.000836. The molecule has 2 heterocycles. The van der Waals surface area contributed by atoms with E-state index in [2.05, 4.69) is 45.2 Å². The second kappa shape index (κ2) is 9.55. The lowest BCUT2D eigenvalue weighted by atomic mass is 9.94. The van der Waals surface area contributed by atoms with Gasteiger partial charge in [0.1, 0.15) is 5.82 Å². The molecule has 2 N–H and O–H groups in total. The molecule has 1 saturated carbocycles. The molecule has 5 rings (SSSR count). The van der Waals surface area contributed by atoms with Crippen molar-refractivity contribution in [3.05, 3.63) is 83.7 Å². The van der Waals surface area contributed by atoms with Gasteiger partial charge in [0.25, 0.3) is 0 Å². The Morgan fingerprint density at radius 3 is 2.61 bits per heavy atom. The van der Waals surface area contributed by atoms with Gasteiger partial charge >= 0.3 is 5.97 Å². The molecule has 0 atom stereocenters. The smallest absolute Gasteiger partial charge is 0.335 e. The van der Waals surface area contributed by atoms with Crippen molar-refractivity contribution in [1.29, 1.82) is 0 Å². The van der Waals surface area contributed by atoms with E-state index in [1.807, 2.05) is 18.3 Å². The van der Waals surface area contributed by atoms with Gasteiger partial charge in [0.05, 0.1) is 16.6 Å². The average molecular weight is 441 g/mol. The molecular weight excluding hydrogens is 412 g/mol. The number of rotatable bonds is 7. The molecule has 6 nitrogen and oxygen atoms in total. The molecule has 4 aromatic rings. The van der Waals surface area contributed by atoms with Crippen LogP contribution in [0.3, 0.4) is 0 Å². The third kappa shape index (κ3) is 4.66. The Morgan fingerprint density at radius 1 is 1.00 bits per heavy atom. The Morgan fingerprint density at radius 2 is 1.82 bits per heavy atom. The number of nitrogens with zero attached hydrogens (tertiary/aromatic N) is 3. The second-order valence-corrected chi connectivity index (χ2v) is 8.77. The van der Waals surface area contributed by atoms with Crippen molar-refractivity contribution in [2.24, 2.45) is 0 Å². The maximum atomic E-state index is 11.5. The lowest BCUT2D eigenvalue weighted by molar-refractivity contribution is 0.0697. The number of hydrogen-bond donors (Lipinski definition) is 2. The summed E-state index contributed by atoms with van der Waals surface area (Å²) in [7, 11) is 0. The largest absolute Gasteiger partial charge is 0.478 e. The van der Waals surface area contributed by atoms with Crippen LogP contribution >= 0.6 is 0 Å². The molecule has 1 aliphatic carbocycles. The highest BCUT2D eigenvalue weighted by Crippen LogP contribution is 2.36. The molecule has 0 bridgehead atoms. The van der Waals surface area contributed by atoms with Crippen LogP contribution in [-0.4, -0.2) is 25.6 Å². The van der Waals surface area contributed by atoms with Gasteiger partial charge in [-0.3, -0.25) is 4.98 Å². The first-order valence-corrected chi connectivity index (χ1v) is 11.6. The van der Waals surface area contributed by atoms with Gasteiger partial charge in [-0.1, -0.05) is 43.5 Å². The van der Waals surface area contributed by atoms with Crippen LogP contribution < -0.4 is 5.32 Å². The van der Waals surface area contributed by atoms with E-state index in [0.717, 1.165) is 53.9 Å². The van der Waals surface area contributed by atoms with Gasteiger partial charge in [-0.15, -0.1) is 0 Å². The van der Waals surface area contributed by atoms with Crippen molar-refractivity contribution >= 4 is 17.0 Å². The Kier molecular flexibility index (Phi) is 6.17. The number of hydrogen-bond acceptors (Lipinski definition) is 4. The summed E-state index contributed by atoms with van der Waals surface area (Å²) < 4.78 is 2.35. The molecule has 0 unspecified atom stereocenters. The van der Waals surface area contributed by atoms with Crippen molar-refractivity contribution in [3.63, 3.8) is 0 Å². The average Bonchev–Trinajstić information content (AvgIpc) is 3.24. The monoisotopic (exact) mass is 440 g/mol. The van der Waals surface area contributed by atoms with Gasteiger partial charge in [0.2, 0.25) is 0 Å². The summed E-state index contributed by atoms with van der Waals surface area (Å²) in [6.07, 6.45) is 9.63. The summed E-state index contributed by atoms with van der Waals surface area (Å²) in [5, 5.41) is 12.9. The molecule has 0 radical (unpaired) electrons. The summed E-state index contributed by atoms with van der Waals surface area (Å²) >= 11 is 0. The van der Waals surface area contributed by atoms with Crippen LogP contribution in [0.1, 0.15) is 59.6 Å². The van der Waals surface area contributed by atoms with E-state index >= 15 is 0 Å². The molecule has 0 amide bonds. The number of carboxylic acid groups (broad SMARTS) is 1. The maximum absolute atomic E-state index is 11.5.